The Bertz CT molecular complexity index is 592. The van der Waals surface area contributed by atoms with Gasteiger partial charge in [0.05, 0.1) is 5.56 Å². The lowest BCUT2D eigenvalue weighted by Gasteiger charge is -2.23. The molecule has 0 bridgehead atoms. The van der Waals surface area contributed by atoms with Gasteiger partial charge in [0.2, 0.25) is 0 Å². The molecule has 1 rings (SSSR count). The molecular weight excluding hydrogens is 342 g/mol. The van der Waals surface area contributed by atoms with E-state index in [1.165, 1.54) is 25.2 Å². The van der Waals surface area contributed by atoms with E-state index in [2.05, 4.69) is 15.9 Å². The van der Waals surface area contributed by atoms with Crippen molar-refractivity contribution < 1.29 is 24.2 Å². The van der Waals surface area contributed by atoms with Gasteiger partial charge in [-0.2, -0.15) is 0 Å². The molecule has 0 aliphatic carbocycles. The molecule has 1 aromatic carbocycles. The zero-order chi connectivity index (χ0) is 16.4. The van der Waals surface area contributed by atoms with Crippen molar-refractivity contribution in [2.45, 2.75) is 26.4 Å². The summed E-state index contributed by atoms with van der Waals surface area (Å²) in [7, 11) is 1.30. The number of carboxylic acids is 1. The number of imide groups is 1. The first-order chi connectivity index (χ1) is 9.53. The highest BCUT2D eigenvalue weighted by atomic mass is 79.9. The van der Waals surface area contributed by atoms with Crippen LogP contribution < -0.4 is 0 Å². The first kappa shape index (κ1) is 17.2. The van der Waals surface area contributed by atoms with E-state index < -0.39 is 23.6 Å². The summed E-state index contributed by atoms with van der Waals surface area (Å²) >= 11 is 3.08. The third-order valence-corrected chi connectivity index (χ3v) is 3.07. The van der Waals surface area contributed by atoms with Crippen LogP contribution in [0.1, 0.15) is 41.5 Å². The maximum atomic E-state index is 12.2. The first-order valence-corrected chi connectivity index (χ1v) is 6.86. The third-order valence-electron chi connectivity index (χ3n) is 2.42. The van der Waals surface area contributed by atoms with Crippen LogP contribution in [0.2, 0.25) is 0 Å². The van der Waals surface area contributed by atoms with Crippen molar-refractivity contribution in [2.75, 3.05) is 7.05 Å². The van der Waals surface area contributed by atoms with Gasteiger partial charge in [0.15, 0.2) is 0 Å². The Morgan fingerprint density at radius 3 is 2.24 bits per heavy atom. The Morgan fingerprint density at radius 1 is 1.24 bits per heavy atom. The smallest absolute Gasteiger partial charge is 0.417 e. The molecule has 1 N–H and O–H groups in total. The Kier molecular flexibility index (Phi) is 5.11. The van der Waals surface area contributed by atoms with Gasteiger partial charge in [-0.15, -0.1) is 0 Å². The van der Waals surface area contributed by atoms with Crippen LogP contribution in [0.3, 0.4) is 0 Å². The fourth-order valence-corrected chi connectivity index (χ4v) is 1.98. The molecule has 0 atom stereocenters. The minimum Gasteiger partial charge on any atom is -0.478 e. The maximum Gasteiger partial charge on any atom is 0.417 e. The summed E-state index contributed by atoms with van der Waals surface area (Å²) < 4.78 is 5.36. The summed E-state index contributed by atoms with van der Waals surface area (Å²) in [4.78, 5) is 35.7. The molecule has 6 nitrogen and oxygen atoms in total. The standard InChI is InChI=1S/C14H16BrNO5/c1-14(2,3)21-13(20)16(4)11(17)8-5-6-9(12(18)19)10(15)7-8/h5-7H,1-4H3,(H,18,19). The van der Waals surface area contributed by atoms with E-state index in [9.17, 15) is 14.4 Å². The van der Waals surface area contributed by atoms with Crippen molar-refractivity contribution in [3.8, 4) is 0 Å². The zero-order valence-corrected chi connectivity index (χ0v) is 13.7. The van der Waals surface area contributed by atoms with E-state index >= 15 is 0 Å². The lowest BCUT2D eigenvalue weighted by molar-refractivity contribution is 0.0284. The predicted octanol–water partition coefficient (Wildman–Crippen LogP) is 3.15. The second-order valence-corrected chi connectivity index (χ2v) is 6.20. The normalized spacial score (nSPS) is 10.9. The number of carbonyl (C=O) groups is 3. The summed E-state index contributed by atoms with van der Waals surface area (Å²) in [5, 5.41) is 8.92. The highest BCUT2D eigenvalue weighted by Gasteiger charge is 2.25. The van der Waals surface area contributed by atoms with Crippen LogP contribution in [0.15, 0.2) is 22.7 Å². The first-order valence-electron chi connectivity index (χ1n) is 6.07. The molecule has 7 heteroatoms. The molecule has 0 spiro atoms. The lowest BCUT2D eigenvalue weighted by Crippen LogP contribution is -2.38. The van der Waals surface area contributed by atoms with E-state index in [-0.39, 0.29) is 15.6 Å². The average molecular weight is 358 g/mol. The fourth-order valence-electron chi connectivity index (χ4n) is 1.43. The number of carbonyl (C=O) groups excluding carboxylic acids is 2. The van der Waals surface area contributed by atoms with Crippen LogP contribution >= 0.6 is 15.9 Å². The van der Waals surface area contributed by atoms with E-state index in [0.29, 0.717) is 0 Å². The molecule has 1 aromatic rings. The predicted molar refractivity (Wildman–Crippen MR) is 79.4 cm³/mol. The number of amides is 2. The number of benzene rings is 1. The lowest BCUT2D eigenvalue weighted by atomic mass is 10.1. The topological polar surface area (TPSA) is 83.9 Å². The van der Waals surface area contributed by atoms with Gasteiger partial charge >= 0.3 is 12.1 Å². The Hall–Kier alpha value is -1.89. The number of aromatic carboxylic acids is 1. The van der Waals surface area contributed by atoms with Crippen molar-refractivity contribution in [2.24, 2.45) is 0 Å². The SMILES string of the molecule is CN(C(=O)OC(C)(C)C)C(=O)c1ccc(C(=O)O)c(Br)c1. The van der Waals surface area contributed by atoms with Crippen molar-refractivity contribution >= 4 is 33.9 Å². The van der Waals surface area contributed by atoms with Crippen molar-refractivity contribution in [3.05, 3.63) is 33.8 Å². The summed E-state index contributed by atoms with van der Waals surface area (Å²) in [5.74, 6) is -1.69. The third kappa shape index (κ3) is 4.56. The van der Waals surface area contributed by atoms with Gasteiger partial charge in [-0.05, 0) is 54.9 Å². The molecule has 0 saturated carbocycles. The van der Waals surface area contributed by atoms with Crippen LogP contribution in [0, 0.1) is 0 Å². The van der Waals surface area contributed by atoms with Crippen LogP contribution in [0.5, 0.6) is 0 Å². The molecule has 0 heterocycles. The number of carboxylic acid groups (broad SMARTS) is 1. The molecule has 0 fully saturated rings. The number of rotatable bonds is 2. The largest absolute Gasteiger partial charge is 0.478 e. The highest BCUT2D eigenvalue weighted by Crippen LogP contribution is 2.20. The molecule has 2 amide bonds. The molecule has 0 saturated heterocycles. The van der Waals surface area contributed by atoms with Gasteiger partial charge in [0, 0.05) is 17.1 Å². The molecule has 0 radical (unpaired) electrons. The second-order valence-electron chi connectivity index (χ2n) is 5.34. The van der Waals surface area contributed by atoms with E-state index in [1.807, 2.05) is 0 Å². The highest BCUT2D eigenvalue weighted by molar-refractivity contribution is 9.10. The monoisotopic (exact) mass is 357 g/mol. The number of ether oxygens (including phenoxy) is 1. The van der Waals surface area contributed by atoms with Crippen LogP contribution in [-0.4, -0.2) is 40.6 Å². The fraction of sp³-hybridized carbons (Fsp3) is 0.357. The van der Waals surface area contributed by atoms with Gasteiger partial charge in [0.1, 0.15) is 5.60 Å². The molecule has 21 heavy (non-hydrogen) atoms. The maximum absolute atomic E-state index is 12.2. The Morgan fingerprint density at radius 2 is 1.81 bits per heavy atom. The zero-order valence-electron chi connectivity index (χ0n) is 12.1. The van der Waals surface area contributed by atoms with Crippen molar-refractivity contribution in [3.63, 3.8) is 0 Å². The van der Waals surface area contributed by atoms with E-state index in [4.69, 9.17) is 9.84 Å². The van der Waals surface area contributed by atoms with Gasteiger partial charge < -0.3 is 9.84 Å². The summed E-state index contributed by atoms with van der Waals surface area (Å²) in [6, 6.07) is 3.99. The molecular formula is C14H16BrNO5. The van der Waals surface area contributed by atoms with Crippen LogP contribution in [-0.2, 0) is 4.74 Å². The summed E-state index contributed by atoms with van der Waals surface area (Å²) in [6.07, 6.45) is -0.772. The van der Waals surface area contributed by atoms with Gasteiger partial charge in [0.25, 0.3) is 5.91 Å². The number of nitrogens with zero attached hydrogens (tertiary/aromatic N) is 1. The Balaban J connectivity index is 2.96. The molecule has 0 aliphatic rings. The van der Waals surface area contributed by atoms with E-state index in [1.54, 1.807) is 20.8 Å². The minimum atomic E-state index is -1.11. The van der Waals surface area contributed by atoms with Crippen molar-refractivity contribution in [1.82, 2.24) is 4.90 Å². The molecule has 0 aliphatic heterocycles. The van der Waals surface area contributed by atoms with Crippen LogP contribution in [0.4, 0.5) is 4.79 Å². The van der Waals surface area contributed by atoms with E-state index in [0.717, 1.165) is 4.90 Å². The average Bonchev–Trinajstić information content (AvgIpc) is 2.34. The number of halogens is 1. The van der Waals surface area contributed by atoms with Crippen molar-refractivity contribution in [1.29, 1.82) is 0 Å². The van der Waals surface area contributed by atoms with Gasteiger partial charge in [-0.1, -0.05) is 0 Å². The second kappa shape index (κ2) is 6.26. The molecule has 0 aromatic heterocycles. The summed E-state index contributed by atoms with van der Waals surface area (Å²) in [5.41, 5.74) is -0.494. The summed E-state index contributed by atoms with van der Waals surface area (Å²) in [6.45, 7) is 5.09. The van der Waals surface area contributed by atoms with Gasteiger partial charge in [-0.3, -0.25) is 4.79 Å². The molecule has 114 valence electrons. The van der Waals surface area contributed by atoms with Gasteiger partial charge in [-0.25, -0.2) is 14.5 Å². The van der Waals surface area contributed by atoms with Crippen LogP contribution in [0.25, 0.3) is 0 Å². The quantitative estimate of drug-likeness (QED) is 0.878. The Labute approximate surface area is 130 Å². The number of hydrogen-bond acceptors (Lipinski definition) is 4. The minimum absolute atomic E-state index is 0.0338. The molecule has 0 unspecified atom stereocenters. The number of hydrogen-bond donors (Lipinski definition) is 1.